The molecule has 1 saturated carbocycles. The van der Waals surface area contributed by atoms with Crippen LogP contribution in [0.2, 0.25) is 0 Å². The van der Waals surface area contributed by atoms with Crippen molar-refractivity contribution in [2.45, 2.75) is 33.1 Å². The van der Waals surface area contributed by atoms with Crippen molar-refractivity contribution in [3.8, 4) is 0 Å². The maximum Gasteiger partial charge on any atom is 0.137 e. The molecular formula is C21H22Cl2O2. The summed E-state index contributed by atoms with van der Waals surface area (Å²) >= 11 is 11.5. The number of Topliss-reactive ketones (excluding diaryl/α,β-unsaturated/α-hetero) is 1. The molecule has 1 aromatic carbocycles. The number of hydrogen-bond donors (Lipinski definition) is 0. The Morgan fingerprint density at radius 2 is 1.92 bits per heavy atom. The number of ketones is 1. The minimum atomic E-state index is -0.0546. The summed E-state index contributed by atoms with van der Waals surface area (Å²) in [6, 6.07) is 12.3. The summed E-state index contributed by atoms with van der Waals surface area (Å²) in [5.74, 6) is 1.35. The van der Waals surface area contributed by atoms with Gasteiger partial charge in [-0.15, -0.1) is 0 Å². The first-order valence-corrected chi connectivity index (χ1v) is 9.29. The molecule has 1 fully saturated rings. The van der Waals surface area contributed by atoms with E-state index in [4.69, 9.17) is 27.6 Å². The Labute approximate surface area is 158 Å². The zero-order valence-corrected chi connectivity index (χ0v) is 16.0. The van der Waals surface area contributed by atoms with Gasteiger partial charge in [-0.3, -0.25) is 4.79 Å². The lowest BCUT2D eigenvalue weighted by atomic mass is 10.0. The minimum absolute atomic E-state index is 0.00990. The van der Waals surface area contributed by atoms with Gasteiger partial charge in [-0.1, -0.05) is 67.4 Å². The third kappa shape index (κ3) is 4.37. The van der Waals surface area contributed by atoms with Crippen LogP contribution in [0.25, 0.3) is 0 Å². The van der Waals surface area contributed by atoms with E-state index in [1.165, 1.54) is 5.56 Å². The van der Waals surface area contributed by atoms with E-state index in [-0.39, 0.29) is 27.5 Å². The normalized spacial score (nSPS) is 21.0. The summed E-state index contributed by atoms with van der Waals surface area (Å²) in [6.07, 6.45) is 5.54. The van der Waals surface area contributed by atoms with E-state index in [0.717, 1.165) is 17.7 Å². The minimum Gasteiger partial charge on any atom is -0.469 e. The van der Waals surface area contributed by atoms with Gasteiger partial charge in [-0.25, -0.2) is 0 Å². The molecule has 0 N–H and O–H groups in total. The number of carbonyl (C=O) groups excluding carboxylic acids is 1. The fraction of sp³-hybridized carbons (Fsp3) is 0.381. The zero-order valence-electron chi connectivity index (χ0n) is 14.5. The van der Waals surface area contributed by atoms with Crippen LogP contribution in [-0.2, 0) is 17.6 Å². The van der Waals surface area contributed by atoms with Crippen LogP contribution < -0.4 is 0 Å². The molecule has 132 valence electrons. The lowest BCUT2D eigenvalue weighted by Gasteiger charge is -2.01. The third-order valence-electron chi connectivity index (χ3n) is 5.15. The Bertz CT molecular complexity index is 770. The van der Waals surface area contributed by atoms with Crippen molar-refractivity contribution in [2.24, 2.45) is 17.3 Å². The molecule has 1 heterocycles. The van der Waals surface area contributed by atoms with E-state index in [9.17, 15) is 4.79 Å². The number of rotatable bonds is 7. The smallest absolute Gasteiger partial charge is 0.137 e. The molecule has 2 atom stereocenters. The molecule has 0 amide bonds. The van der Waals surface area contributed by atoms with Crippen LogP contribution >= 0.6 is 23.2 Å². The van der Waals surface area contributed by atoms with E-state index in [1.54, 1.807) is 12.3 Å². The maximum absolute atomic E-state index is 12.5. The summed E-state index contributed by atoms with van der Waals surface area (Å²) in [7, 11) is 0. The van der Waals surface area contributed by atoms with Crippen molar-refractivity contribution in [1.82, 2.24) is 0 Å². The highest BCUT2D eigenvalue weighted by atomic mass is 35.5. The number of hydrogen-bond acceptors (Lipinski definition) is 2. The van der Waals surface area contributed by atoms with Gasteiger partial charge in [0.15, 0.2) is 0 Å². The number of furan rings is 1. The molecule has 4 heteroatoms. The van der Waals surface area contributed by atoms with Crippen LogP contribution in [0, 0.1) is 17.3 Å². The number of aryl methyl sites for hydroxylation is 1. The van der Waals surface area contributed by atoms with Crippen LogP contribution in [-0.4, -0.2) is 5.78 Å². The number of halogens is 2. The van der Waals surface area contributed by atoms with Crippen LogP contribution in [0.1, 0.15) is 37.2 Å². The second-order valence-corrected chi connectivity index (χ2v) is 8.34. The molecule has 1 aliphatic carbocycles. The molecule has 1 aliphatic rings. The van der Waals surface area contributed by atoms with E-state index in [2.05, 4.69) is 26.0 Å². The Balaban J connectivity index is 1.54. The monoisotopic (exact) mass is 376 g/mol. The van der Waals surface area contributed by atoms with E-state index >= 15 is 0 Å². The molecule has 2 nitrogen and oxygen atoms in total. The molecule has 2 aromatic rings. The Morgan fingerprint density at radius 1 is 1.20 bits per heavy atom. The average Bonchev–Trinajstić information content (AvgIpc) is 2.90. The van der Waals surface area contributed by atoms with Crippen molar-refractivity contribution in [3.05, 3.63) is 70.1 Å². The first-order valence-electron chi connectivity index (χ1n) is 8.53. The number of allylic oxidation sites excluding steroid dienone is 1. The van der Waals surface area contributed by atoms with Crippen LogP contribution in [0.15, 0.2) is 57.6 Å². The lowest BCUT2D eigenvalue weighted by Crippen LogP contribution is -2.07. The zero-order chi connectivity index (χ0) is 18.0. The quantitative estimate of drug-likeness (QED) is 0.596. The average molecular weight is 377 g/mol. The molecule has 0 aliphatic heterocycles. The summed E-state index contributed by atoms with van der Waals surface area (Å²) in [4.78, 5) is 12.5. The van der Waals surface area contributed by atoms with Crippen molar-refractivity contribution in [1.29, 1.82) is 0 Å². The summed E-state index contributed by atoms with van der Waals surface area (Å²) < 4.78 is 5.88. The lowest BCUT2D eigenvalue weighted by molar-refractivity contribution is -0.121. The van der Waals surface area contributed by atoms with Gasteiger partial charge in [0.25, 0.3) is 0 Å². The second kappa shape index (κ2) is 7.39. The Kier molecular flexibility index (Phi) is 5.41. The highest BCUT2D eigenvalue weighted by molar-refractivity contribution is 6.55. The molecule has 3 rings (SSSR count). The SMILES string of the molecule is CC1(C)[C@H](C=C(Cl)Cl)[C@H]1C(=O)CCc1coc(Cc2ccccc2)c1. The van der Waals surface area contributed by atoms with Crippen LogP contribution in [0.5, 0.6) is 0 Å². The molecule has 25 heavy (non-hydrogen) atoms. The molecule has 0 unspecified atom stereocenters. The van der Waals surface area contributed by atoms with Gasteiger partial charge in [0.05, 0.1) is 6.26 Å². The highest BCUT2D eigenvalue weighted by Gasteiger charge is 2.59. The van der Waals surface area contributed by atoms with E-state index in [1.807, 2.05) is 24.3 Å². The topological polar surface area (TPSA) is 30.2 Å². The Hall–Kier alpha value is -1.51. The van der Waals surface area contributed by atoms with Crippen molar-refractivity contribution >= 4 is 29.0 Å². The van der Waals surface area contributed by atoms with Crippen molar-refractivity contribution < 1.29 is 9.21 Å². The van der Waals surface area contributed by atoms with Gasteiger partial charge in [0.1, 0.15) is 16.0 Å². The maximum atomic E-state index is 12.5. The Morgan fingerprint density at radius 3 is 2.60 bits per heavy atom. The third-order valence-corrected chi connectivity index (χ3v) is 5.40. The summed E-state index contributed by atoms with van der Waals surface area (Å²) in [5, 5.41) is 0. The van der Waals surface area contributed by atoms with E-state index < -0.39 is 0 Å². The largest absolute Gasteiger partial charge is 0.469 e. The molecule has 0 radical (unpaired) electrons. The summed E-state index contributed by atoms with van der Waals surface area (Å²) in [5.41, 5.74) is 2.23. The standard InChI is InChI=1S/C21H22Cl2O2/c1-21(2)17(12-19(22)23)20(21)18(24)9-8-15-11-16(25-13-15)10-14-6-4-3-5-7-14/h3-7,11-13,17,20H,8-10H2,1-2H3/t17-,20+/m1/s1. The van der Waals surface area contributed by atoms with Crippen molar-refractivity contribution in [3.63, 3.8) is 0 Å². The predicted molar refractivity (Wildman–Crippen MR) is 102 cm³/mol. The fourth-order valence-electron chi connectivity index (χ4n) is 3.61. The van der Waals surface area contributed by atoms with Gasteiger partial charge in [0.2, 0.25) is 0 Å². The van der Waals surface area contributed by atoms with E-state index in [0.29, 0.717) is 12.8 Å². The fourth-order valence-corrected chi connectivity index (χ4v) is 3.88. The molecule has 0 bridgehead atoms. The number of carbonyl (C=O) groups is 1. The van der Waals surface area contributed by atoms with Crippen LogP contribution in [0.3, 0.4) is 0 Å². The van der Waals surface area contributed by atoms with Gasteiger partial charge in [0, 0.05) is 18.8 Å². The molecule has 0 saturated heterocycles. The first kappa shape index (κ1) is 18.3. The molecular weight excluding hydrogens is 355 g/mol. The first-order chi connectivity index (χ1) is 11.9. The number of benzene rings is 1. The summed E-state index contributed by atoms with van der Waals surface area (Å²) in [6.45, 7) is 4.17. The molecule has 1 aromatic heterocycles. The second-order valence-electron chi connectivity index (χ2n) is 7.33. The predicted octanol–water partition coefficient (Wildman–Crippen LogP) is 5.96. The van der Waals surface area contributed by atoms with Crippen molar-refractivity contribution in [2.75, 3.05) is 0 Å². The van der Waals surface area contributed by atoms with Gasteiger partial charge in [-0.2, -0.15) is 0 Å². The van der Waals surface area contributed by atoms with Gasteiger partial charge < -0.3 is 4.42 Å². The molecule has 0 spiro atoms. The van der Waals surface area contributed by atoms with Crippen LogP contribution in [0.4, 0.5) is 0 Å². The highest BCUT2D eigenvalue weighted by Crippen LogP contribution is 2.60. The van der Waals surface area contributed by atoms with Gasteiger partial charge in [-0.05, 0) is 41.0 Å². The van der Waals surface area contributed by atoms with Gasteiger partial charge >= 0.3 is 0 Å².